The number of thiazole rings is 1. The van der Waals surface area contributed by atoms with Gasteiger partial charge in [-0.3, -0.25) is 9.59 Å². The van der Waals surface area contributed by atoms with Gasteiger partial charge in [0.15, 0.2) is 5.13 Å². The molecule has 1 aliphatic rings. The number of amides is 2. The maximum Gasteiger partial charge on any atom is 0.273 e. The Morgan fingerprint density at radius 1 is 1.26 bits per heavy atom. The number of halogens is 2. The lowest BCUT2D eigenvalue weighted by atomic mass is 10.3. The average Bonchev–Trinajstić information content (AvgIpc) is 3.21. The standard InChI is InChI=1S/C21H20Cl2N4O3S/c22-13-3-6-16(23)17(10-13)25-21-26-18(12-31-21)20(29)27(11-15-2-1-9-30-15)8-7-19(28)24-14-4-5-14/h1-3,6,9-10,12,14H,4-5,7-8,11H2,(H,24,28)(H,25,26). The molecule has 1 aromatic carbocycles. The number of nitrogens with zero attached hydrogens (tertiary/aromatic N) is 2. The first-order chi connectivity index (χ1) is 15.0. The largest absolute Gasteiger partial charge is 0.467 e. The van der Waals surface area contributed by atoms with E-state index in [-0.39, 0.29) is 43.1 Å². The highest BCUT2D eigenvalue weighted by atomic mass is 35.5. The number of hydrogen-bond donors (Lipinski definition) is 2. The Bertz CT molecular complexity index is 1070. The molecule has 10 heteroatoms. The fraction of sp³-hybridized carbons (Fsp3) is 0.286. The molecular weight excluding hydrogens is 459 g/mol. The van der Waals surface area contributed by atoms with Gasteiger partial charge in [0.05, 0.1) is 23.5 Å². The van der Waals surface area contributed by atoms with Crippen LogP contribution in [0.25, 0.3) is 0 Å². The summed E-state index contributed by atoms with van der Waals surface area (Å²) in [5, 5.41) is 9.24. The molecule has 0 bridgehead atoms. The second-order valence-corrected chi connectivity index (χ2v) is 8.89. The Balaban J connectivity index is 1.45. The van der Waals surface area contributed by atoms with Crippen molar-refractivity contribution in [2.75, 3.05) is 11.9 Å². The molecule has 2 amide bonds. The summed E-state index contributed by atoms with van der Waals surface area (Å²) in [5.41, 5.74) is 0.881. The zero-order valence-electron chi connectivity index (χ0n) is 16.4. The molecule has 0 radical (unpaired) electrons. The second kappa shape index (κ2) is 9.72. The third-order valence-electron chi connectivity index (χ3n) is 4.66. The van der Waals surface area contributed by atoms with Gasteiger partial charge in [0, 0.05) is 29.4 Å². The molecule has 2 aromatic heterocycles. The highest BCUT2D eigenvalue weighted by Crippen LogP contribution is 2.30. The molecular formula is C21H20Cl2N4O3S. The topological polar surface area (TPSA) is 87.5 Å². The van der Waals surface area contributed by atoms with Gasteiger partial charge in [0.1, 0.15) is 11.5 Å². The van der Waals surface area contributed by atoms with Crippen LogP contribution in [0.15, 0.2) is 46.4 Å². The zero-order chi connectivity index (χ0) is 21.8. The summed E-state index contributed by atoms with van der Waals surface area (Å²) in [6.07, 6.45) is 3.81. The molecule has 1 aliphatic carbocycles. The van der Waals surface area contributed by atoms with Crippen molar-refractivity contribution in [2.45, 2.75) is 31.8 Å². The number of anilines is 2. The van der Waals surface area contributed by atoms with Crippen molar-refractivity contribution in [3.8, 4) is 0 Å². The third-order valence-corrected chi connectivity index (χ3v) is 5.98. The van der Waals surface area contributed by atoms with Crippen LogP contribution >= 0.6 is 34.5 Å². The Hall–Kier alpha value is -2.55. The molecule has 7 nitrogen and oxygen atoms in total. The molecule has 1 saturated carbocycles. The van der Waals surface area contributed by atoms with E-state index < -0.39 is 0 Å². The number of carbonyl (C=O) groups is 2. The van der Waals surface area contributed by atoms with Crippen LogP contribution in [0.4, 0.5) is 10.8 Å². The lowest BCUT2D eigenvalue weighted by Crippen LogP contribution is -2.35. The van der Waals surface area contributed by atoms with Crippen molar-refractivity contribution in [3.63, 3.8) is 0 Å². The minimum absolute atomic E-state index is 0.0593. The van der Waals surface area contributed by atoms with Crippen molar-refractivity contribution >= 4 is 57.2 Å². The van der Waals surface area contributed by atoms with Crippen molar-refractivity contribution < 1.29 is 14.0 Å². The average molecular weight is 479 g/mol. The first kappa shape index (κ1) is 21.7. The van der Waals surface area contributed by atoms with Crippen molar-refractivity contribution in [1.82, 2.24) is 15.2 Å². The summed E-state index contributed by atoms with van der Waals surface area (Å²) in [6, 6.07) is 8.90. The van der Waals surface area contributed by atoms with E-state index in [4.69, 9.17) is 27.6 Å². The van der Waals surface area contributed by atoms with Gasteiger partial charge in [-0.2, -0.15) is 0 Å². The number of aromatic nitrogens is 1. The van der Waals surface area contributed by atoms with Gasteiger partial charge in [-0.25, -0.2) is 4.98 Å². The van der Waals surface area contributed by atoms with Crippen molar-refractivity contribution in [1.29, 1.82) is 0 Å². The molecule has 2 heterocycles. The predicted octanol–water partition coefficient (Wildman–Crippen LogP) is 5.10. The van der Waals surface area contributed by atoms with Crippen molar-refractivity contribution in [3.05, 3.63) is 63.5 Å². The minimum atomic E-state index is -0.280. The molecule has 1 fully saturated rings. The van der Waals surface area contributed by atoms with Crippen LogP contribution in [0.1, 0.15) is 35.5 Å². The van der Waals surface area contributed by atoms with Crippen molar-refractivity contribution in [2.24, 2.45) is 0 Å². The highest BCUT2D eigenvalue weighted by Gasteiger charge is 2.25. The molecule has 162 valence electrons. The Labute approximate surface area is 193 Å². The van der Waals surface area contributed by atoms with E-state index in [1.807, 2.05) is 0 Å². The van der Waals surface area contributed by atoms with E-state index in [0.29, 0.717) is 26.6 Å². The van der Waals surface area contributed by atoms with Gasteiger partial charge in [0.25, 0.3) is 5.91 Å². The normalized spacial score (nSPS) is 13.1. The SMILES string of the molecule is O=C(CCN(Cc1ccco1)C(=O)c1csc(Nc2cc(Cl)ccc2Cl)n1)NC1CC1. The summed E-state index contributed by atoms with van der Waals surface area (Å²) in [7, 11) is 0. The van der Waals surface area contributed by atoms with Gasteiger partial charge < -0.3 is 20.0 Å². The highest BCUT2D eigenvalue weighted by molar-refractivity contribution is 7.14. The maximum absolute atomic E-state index is 13.1. The molecule has 2 N–H and O–H groups in total. The Morgan fingerprint density at radius 3 is 2.84 bits per heavy atom. The van der Waals surface area contributed by atoms with Crippen LogP contribution in [0, 0.1) is 0 Å². The number of rotatable bonds is 9. The monoisotopic (exact) mass is 478 g/mol. The number of hydrogen-bond acceptors (Lipinski definition) is 6. The third kappa shape index (κ3) is 6.00. The van der Waals surface area contributed by atoms with E-state index in [1.165, 1.54) is 11.3 Å². The Kier molecular flexibility index (Phi) is 6.80. The lowest BCUT2D eigenvalue weighted by molar-refractivity contribution is -0.121. The van der Waals surface area contributed by atoms with Crippen LogP contribution < -0.4 is 10.6 Å². The van der Waals surface area contributed by atoms with Crippen LogP contribution in [-0.4, -0.2) is 34.3 Å². The second-order valence-electron chi connectivity index (χ2n) is 7.18. The molecule has 4 rings (SSSR count). The van der Waals surface area contributed by atoms with Crippen LogP contribution in [-0.2, 0) is 11.3 Å². The quantitative estimate of drug-likeness (QED) is 0.446. The smallest absolute Gasteiger partial charge is 0.273 e. The molecule has 31 heavy (non-hydrogen) atoms. The summed E-state index contributed by atoms with van der Waals surface area (Å²) >= 11 is 13.5. The summed E-state index contributed by atoms with van der Waals surface area (Å²) in [6.45, 7) is 0.515. The first-order valence-corrected chi connectivity index (χ1v) is 11.4. The van der Waals surface area contributed by atoms with Crippen LogP contribution in [0.5, 0.6) is 0 Å². The maximum atomic E-state index is 13.1. The van der Waals surface area contributed by atoms with Gasteiger partial charge in [-0.1, -0.05) is 23.2 Å². The predicted molar refractivity (Wildman–Crippen MR) is 121 cm³/mol. The molecule has 0 spiro atoms. The molecule has 0 atom stereocenters. The number of carbonyl (C=O) groups excluding carboxylic acids is 2. The number of benzene rings is 1. The van der Waals surface area contributed by atoms with E-state index in [9.17, 15) is 9.59 Å². The molecule has 0 saturated heterocycles. The molecule has 0 aliphatic heterocycles. The van der Waals surface area contributed by atoms with E-state index in [0.717, 1.165) is 12.8 Å². The van der Waals surface area contributed by atoms with Gasteiger partial charge >= 0.3 is 0 Å². The number of furan rings is 1. The first-order valence-electron chi connectivity index (χ1n) is 9.76. The number of nitrogens with one attached hydrogen (secondary N) is 2. The summed E-state index contributed by atoms with van der Waals surface area (Å²) < 4.78 is 5.39. The molecule has 3 aromatic rings. The zero-order valence-corrected chi connectivity index (χ0v) is 18.8. The van der Waals surface area contributed by atoms with E-state index >= 15 is 0 Å². The van der Waals surface area contributed by atoms with E-state index in [2.05, 4.69) is 15.6 Å². The van der Waals surface area contributed by atoms with Crippen LogP contribution in [0.2, 0.25) is 10.0 Å². The molecule has 0 unspecified atom stereocenters. The lowest BCUT2D eigenvalue weighted by Gasteiger charge is -2.20. The van der Waals surface area contributed by atoms with Gasteiger partial charge in [-0.05, 0) is 43.2 Å². The van der Waals surface area contributed by atoms with Gasteiger partial charge in [-0.15, -0.1) is 11.3 Å². The minimum Gasteiger partial charge on any atom is -0.467 e. The van der Waals surface area contributed by atoms with Crippen LogP contribution in [0.3, 0.4) is 0 Å². The van der Waals surface area contributed by atoms with Gasteiger partial charge in [0.2, 0.25) is 5.91 Å². The fourth-order valence-corrected chi connectivity index (χ4v) is 3.94. The van der Waals surface area contributed by atoms with E-state index in [1.54, 1.807) is 46.9 Å². The fourth-order valence-electron chi connectivity index (χ4n) is 2.91. The summed E-state index contributed by atoms with van der Waals surface area (Å²) in [4.78, 5) is 31.2. The summed E-state index contributed by atoms with van der Waals surface area (Å²) in [5.74, 6) is 0.295. The Morgan fingerprint density at radius 2 is 2.10 bits per heavy atom.